The van der Waals surface area contributed by atoms with Crippen molar-refractivity contribution in [1.29, 1.82) is 0 Å². The van der Waals surface area contributed by atoms with Crippen LogP contribution in [0.1, 0.15) is 34.0 Å². The molecule has 3 aromatic carbocycles. The number of carbonyl (C=O) groups is 2. The first-order valence-electron chi connectivity index (χ1n) is 11.3. The van der Waals surface area contributed by atoms with Gasteiger partial charge >= 0.3 is 0 Å². The smallest absolute Gasteiger partial charge is 0.285 e. The minimum absolute atomic E-state index is 0.199. The fraction of sp³-hybridized carbons (Fsp3) is 0.148. The molecule has 11 heteroatoms. The van der Waals surface area contributed by atoms with E-state index in [1.54, 1.807) is 54.6 Å². The molecule has 1 N–H and O–H groups in total. The highest BCUT2D eigenvalue weighted by Gasteiger charge is 2.34. The third-order valence-corrected chi connectivity index (χ3v) is 7.67. The zero-order valence-electron chi connectivity index (χ0n) is 20.2. The highest BCUT2D eigenvalue weighted by Crippen LogP contribution is 2.35. The Morgan fingerprint density at radius 3 is 2.50 bits per heavy atom. The second-order valence-electron chi connectivity index (χ2n) is 8.12. The summed E-state index contributed by atoms with van der Waals surface area (Å²) < 4.78 is 11.9. The van der Waals surface area contributed by atoms with E-state index in [-0.39, 0.29) is 21.5 Å². The monoisotopic (exact) mass is 606 g/mol. The normalized spacial score (nSPS) is 14.2. The van der Waals surface area contributed by atoms with Gasteiger partial charge in [-0.05, 0) is 85.2 Å². The molecule has 1 heterocycles. The van der Waals surface area contributed by atoms with E-state index in [1.807, 2.05) is 19.9 Å². The van der Waals surface area contributed by atoms with Gasteiger partial charge in [0.05, 0.1) is 32.1 Å². The van der Waals surface area contributed by atoms with Crippen LogP contribution in [-0.4, -0.2) is 27.8 Å². The molecule has 1 aliphatic heterocycles. The first-order chi connectivity index (χ1) is 18.2. The highest BCUT2D eigenvalue weighted by molar-refractivity contribution is 8.26. The van der Waals surface area contributed by atoms with Gasteiger partial charge in [-0.15, -0.1) is 0 Å². The Kier molecular flexibility index (Phi) is 9.23. The van der Waals surface area contributed by atoms with E-state index in [1.165, 1.54) is 0 Å². The van der Waals surface area contributed by atoms with Crippen molar-refractivity contribution in [2.75, 3.05) is 6.61 Å². The number of amides is 2. The number of hydrogen-bond donors (Lipinski definition) is 1. The van der Waals surface area contributed by atoms with Crippen LogP contribution in [0.25, 0.3) is 6.08 Å². The molecule has 1 aliphatic rings. The van der Waals surface area contributed by atoms with E-state index in [0.717, 1.165) is 27.9 Å². The molecule has 0 aromatic heterocycles. The van der Waals surface area contributed by atoms with E-state index in [9.17, 15) is 9.59 Å². The third kappa shape index (κ3) is 6.62. The molecule has 0 atom stereocenters. The van der Waals surface area contributed by atoms with Gasteiger partial charge in [-0.25, -0.2) is 0 Å². The standard InChI is InChI=1S/C27H21Cl3N2O4S2/c1-3-35-23-12-16(6-9-22(23)36-14-17-5-8-19(28)21(30)11-17)13-24-26(34)32(27(37)38-24)31-25(33)18-7-4-15(2)10-20(18)29/h4-13H,3,14H2,1-2H3,(H,31,33)/b24-13+. The summed E-state index contributed by atoms with van der Waals surface area (Å²) in [6.07, 6.45) is 1.68. The third-order valence-electron chi connectivity index (χ3n) is 5.32. The Hall–Kier alpha value is -2.75. The summed E-state index contributed by atoms with van der Waals surface area (Å²) in [7, 11) is 0. The van der Waals surface area contributed by atoms with Gasteiger partial charge < -0.3 is 9.47 Å². The molecule has 0 radical (unpaired) electrons. The van der Waals surface area contributed by atoms with Crippen molar-refractivity contribution in [2.45, 2.75) is 20.5 Å². The summed E-state index contributed by atoms with van der Waals surface area (Å²) in [5.41, 5.74) is 5.25. The zero-order valence-corrected chi connectivity index (χ0v) is 24.1. The van der Waals surface area contributed by atoms with Crippen LogP contribution in [0.3, 0.4) is 0 Å². The lowest BCUT2D eigenvalue weighted by molar-refractivity contribution is -0.123. The number of thioether (sulfide) groups is 1. The number of rotatable bonds is 8. The molecule has 4 rings (SSSR count). The van der Waals surface area contributed by atoms with Gasteiger partial charge in [0, 0.05) is 0 Å². The average Bonchev–Trinajstić information content (AvgIpc) is 3.13. The minimum Gasteiger partial charge on any atom is -0.490 e. The molecule has 3 aromatic rings. The number of nitrogens with one attached hydrogen (secondary N) is 1. The van der Waals surface area contributed by atoms with Crippen LogP contribution in [0, 0.1) is 6.92 Å². The Morgan fingerprint density at radius 2 is 1.79 bits per heavy atom. The predicted octanol–water partition coefficient (Wildman–Crippen LogP) is 7.48. The molecular formula is C27H21Cl3N2O4S2. The maximum Gasteiger partial charge on any atom is 0.285 e. The van der Waals surface area contributed by atoms with Crippen molar-refractivity contribution in [3.63, 3.8) is 0 Å². The molecular weight excluding hydrogens is 587 g/mol. The molecule has 1 fully saturated rings. The first kappa shape index (κ1) is 28.3. The van der Waals surface area contributed by atoms with Crippen LogP contribution in [0.2, 0.25) is 15.1 Å². The molecule has 0 saturated carbocycles. The first-order valence-corrected chi connectivity index (χ1v) is 13.7. The van der Waals surface area contributed by atoms with Gasteiger partial charge in [-0.1, -0.05) is 64.8 Å². The molecule has 196 valence electrons. The Morgan fingerprint density at radius 1 is 1.00 bits per heavy atom. The lowest BCUT2D eigenvalue weighted by atomic mass is 10.1. The van der Waals surface area contributed by atoms with Crippen LogP contribution < -0.4 is 14.9 Å². The van der Waals surface area contributed by atoms with Crippen molar-refractivity contribution in [3.05, 3.63) is 96.8 Å². The fourth-order valence-corrected chi connectivity index (χ4v) is 5.30. The van der Waals surface area contributed by atoms with Crippen molar-refractivity contribution in [3.8, 4) is 11.5 Å². The van der Waals surface area contributed by atoms with Crippen molar-refractivity contribution < 1.29 is 19.1 Å². The van der Waals surface area contributed by atoms with Crippen molar-refractivity contribution >= 4 is 81.0 Å². The van der Waals surface area contributed by atoms with Gasteiger partial charge in [-0.2, -0.15) is 5.01 Å². The van der Waals surface area contributed by atoms with Gasteiger partial charge in [-0.3, -0.25) is 15.0 Å². The van der Waals surface area contributed by atoms with Crippen molar-refractivity contribution in [2.24, 2.45) is 0 Å². The average molecular weight is 608 g/mol. The van der Waals surface area contributed by atoms with E-state index >= 15 is 0 Å². The number of nitrogens with zero attached hydrogens (tertiary/aromatic N) is 1. The lowest BCUT2D eigenvalue weighted by Gasteiger charge is -2.16. The second kappa shape index (κ2) is 12.4. The molecule has 0 unspecified atom stereocenters. The largest absolute Gasteiger partial charge is 0.490 e. The summed E-state index contributed by atoms with van der Waals surface area (Å²) in [5.74, 6) is 0.0631. The van der Waals surface area contributed by atoms with E-state index < -0.39 is 11.8 Å². The van der Waals surface area contributed by atoms with Gasteiger partial charge in [0.15, 0.2) is 15.8 Å². The van der Waals surface area contributed by atoms with Crippen LogP contribution in [0.5, 0.6) is 11.5 Å². The summed E-state index contributed by atoms with van der Waals surface area (Å²) >= 11 is 24.7. The molecule has 6 nitrogen and oxygen atoms in total. The fourth-order valence-electron chi connectivity index (χ4n) is 3.47. The molecule has 1 saturated heterocycles. The van der Waals surface area contributed by atoms with Crippen LogP contribution in [-0.2, 0) is 11.4 Å². The molecule has 2 amide bonds. The van der Waals surface area contributed by atoms with E-state index in [0.29, 0.717) is 38.6 Å². The maximum absolute atomic E-state index is 13.0. The molecule has 0 bridgehead atoms. The molecule has 38 heavy (non-hydrogen) atoms. The number of thiocarbonyl (C=S) groups is 1. The van der Waals surface area contributed by atoms with Gasteiger partial charge in [0.2, 0.25) is 0 Å². The Balaban J connectivity index is 1.49. The maximum atomic E-state index is 13.0. The second-order valence-corrected chi connectivity index (χ2v) is 11.0. The topological polar surface area (TPSA) is 67.9 Å². The number of halogens is 3. The van der Waals surface area contributed by atoms with E-state index in [2.05, 4.69) is 5.43 Å². The van der Waals surface area contributed by atoms with Crippen LogP contribution >= 0.6 is 58.8 Å². The van der Waals surface area contributed by atoms with Gasteiger partial charge in [0.25, 0.3) is 11.8 Å². The van der Waals surface area contributed by atoms with Gasteiger partial charge in [0.1, 0.15) is 6.61 Å². The number of hydrogen-bond acceptors (Lipinski definition) is 6. The number of aryl methyl sites for hydroxylation is 1. The quantitative estimate of drug-likeness (QED) is 0.212. The summed E-state index contributed by atoms with van der Waals surface area (Å²) in [4.78, 5) is 26.1. The number of benzene rings is 3. The Labute approximate surface area is 244 Å². The number of carbonyl (C=O) groups excluding carboxylic acids is 2. The molecule has 0 spiro atoms. The SMILES string of the molecule is CCOc1cc(/C=C2/SC(=S)N(NC(=O)c3ccc(C)cc3Cl)C2=O)ccc1OCc1ccc(Cl)c(Cl)c1. The summed E-state index contributed by atoms with van der Waals surface area (Å²) in [6, 6.07) is 15.6. The highest BCUT2D eigenvalue weighted by atomic mass is 35.5. The zero-order chi connectivity index (χ0) is 27.4. The number of ether oxygens (including phenoxy) is 2. The van der Waals surface area contributed by atoms with E-state index in [4.69, 9.17) is 56.5 Å². The Bertz CT molecular complexity index is 1460. The summed E-state index contributed by atoms with van der Waals surface area (Å²) in [6.45, 7) is 4.41. The van der Waals surface area contributed by atoms with Crippen LogP contribution in [0.15, 0.2) is 59.5 Å². The lowest BCUT2D eigenvalue weighted by Crippen LogP contribution is -2.44. The summed E-state index contributed by atoms with van der Waals surface area (Å²) in [5, 5.41) is 2.25. The predicted molar refractivity (Wildman–Crippen MR) is 157 cm³/mol. The number of hydrazine groups is 1. The molecule has 0 aliphatic carbocycles. The van der Waals surface area contributed by atoms with Crippen LogP contribution in [0.4, 0.5) is 0 Å². The van der Waals surface area contributed by atoms with Crippen molar-refractivity contribution in [1.82, 2.24) is 10.4 Å². The minimum atomic E-state index is -0.533.